The molecular weight excluding hydrogens is 256 g/mol. The highest BCUT2D eigenvalue weighted by Crippen LogP contribution is 2.22. The Balaban J connectivity index is 2.51. The lowest BCUT2D eigenvalue weighted by Gasteiger charge is -2.08. The summed E-state index contributed by atoms with van der Waals surface area (Å²) in [7, 11) is -2.88. The summed E-state index contributed by atoms with van der Waals surface area (Å²) in [5.74, 6) is 0.755. The minimum atomic E-state index is -2.88. The smallest absolute Gasteiger partial charge is 0.148 e. The highest BCUT2D eigenvalue weighted by Gasteiger charge is 2.05. The normalized spacial score (nSPS) is 13.6. The number of rotatable bonds is 6. The fourth-order valence-corrected chi connectivity index (χ4v) is 3.44. The molecule has 0 aromatic heterocycles. The zero-order chi connectivity index (χ0) is 12.9. The van der Waals surface area contributed by atoms with Crippen molar-refractivity contribution in [1.82, 2.24) is 0 Å². The van der Waals surface area contributed by atoms with Gasteiger partial charge in [0.2, 0.25) is 0 Å². The molecule has 1 atom stereocenters. The van der Waals surface area contributed by atoms with Crippen molar-refractivity contribution in [3.05, 3.63) is 29.8 Å². The van der Waals surface area contributed by atoms with Gasteiger partial charge in [-0.25, -0.2) is 8.42 Å². The largest absolute Gasteiger partial charge is 0.388 e. The van der Waals surface area contributed by atoms with Crippen molar-refractivity contribution in [2.24, 2.45) is 0 Å². The number of aliphatic hydroxyl groups excluding tert-OH is 1. The summed E-state index contributed by atoms with van der Waals surface area (Å²) in [5.41, 5.74) is 0.903. The van der Waals surface area contributed by atoms with Gasteiger partial charge in [0, 0.05) is 16.9 Å². The van der Waals surface area contributed by atoms with Crippen LogP contribution in [0.5, 0.6) is 0 Å². The zero-order valence-electron chi connectivity index (χ0n) is 10.1. The summed E-state index contributed by atoms with van der Waals surface area (Å²) >= 11 is 1.51. The third-order valence-corrected chi connectivity index (χ3v) is 4.59. The van der Waals surface area contributed by atoms with Gasteiger partial charge < -0.3 is 5.11 Å². The van der Waals surface area contributed by atoms with E-state index in [0.717, 1.165) is 10.5 Å². The van der Waals surface area contributed by atoms with Crippen LogP contribution in [-0.2, 0) is 9.84 Å². The van der Waals surface area contributed by atoms with E-state index in [1.54, 1.807) is 0 Å². The number of hydrogen-bond acceptors (Lipinski definition) is 4. The van der Waals surface area contributed by atoms with E-state index in [4.69, 9.17) is 0 Å². The molecule has 0 saturated carbocycles. The molecule has 0 fully saturated rings. The van der Waals surface area contributed by atoms with Crippen LogP contribution in [0.2, 0.25) is 0 Å². The van der Waals surface area contributed by atoms with E-state index < -0.39 is 15.9 Å². The van der Waals surface area contributed by atoms with Crippen molar-refractivity contribution in [3.8, 4) is 0 Å². The number of sulfone groups is 1. The monoisotopic (exact) mass is 274 g/mol. The van der Waals surface area contributed by atoms with Crippen LogP contribution < -0.4 is 0 Å². The van der Waals surface area contributed by atoms with Gasteiger partial charge in [0.1, 0.15) is 9.84 Å². The van der Waals surface area contributed by atoms with Gasteiger partial charge in [-0.05, 0) is 24.1 Å². The maximum Gasteiger partial charge on any atom is 0.148 e. The molecular formula is C12H18O3S2. The molecule has 0 radical (unpaired) electrons. The van der Waals surface area contributed by atoms with Crippen molar-refractivity contribution in [2.75, 3.05) is 17.8 Å². The molecule has 0 bridgehead atoms. The number of hydrogen-bond donors (Lipinski definition) is 1. The Bertz CT molecular complexity index is 437. The lowest BCUT2D eigenvalue weighted by molar-refractivity contribution is 0.173. The second kappa shape index (κ2) is 6.42. The summed E-state index contributed by atoms with van der Waals surface area (Å²) in [6.07, 6.45) is 1.53. The number of aliphatic hydroxyl groups is 1. The Labute approximate surface area is 107 Å². The first-order chi connectivity index (χ1) is 7.92. The van der Waals surface area contributed by atoms with E-state index in [0.29, 0.717) is 12.2 Å². The third-order valence-electron chi connectivity index (χ3n) is 2.37. The molecule has 0 aliphatic carbocycles. The predicted molar refractivity (Wildman–Crippen MR) is 72.1 cm³/mol. The minimum Gasteiger partial charge on any atom is -0.388 e. The summed E-state index contributed by atoms with van der Waals surface area (Å²) in [6, 6.07) is 7.61. The molecule has 0 amide bonds. The van der Waals surface area contributed by atoms with E-state index in [9.17, 15) is 13.5 Å². The molecule has 17 heavy (non-hydrogen) atoms. The second-order valence-electron chi connectivity index (χ2n) is 3.97. The minimum absolute atomic E-state index is 0.191. The Hall–Kier alpha value is -0.520. The summed E-state index contributed by atoms with van der Waals surface area (Å²) < 4.78 is 21.9. The first kappa shape index (κ1) is 14.5. The van der Waals surface area contributed by atoms with Crippen LogP contribution in [0, 0.1) is 0 Å². The van der Waals surface area contributed by atoms with Gasteiger partial charge in [0.05, 0.1) is 11.9 Å². The van der Waals surface area contributed by atoms with Gasteiger partial charge in [-0.1, -0.05) is 19.1 Å². The lowest BCUT2D eigenvalue weighted by Crippen LogP contribution is -2.04. The predicted octanol–water partition coefficient (Wildman–Crippen LogP) is 2.27. The third kappa shape index (κ3) is 5.57. The Morgan fingerprint density at radius 3 is 2.35 bits per heavy atom. The molecule has 0 unspecified atom stereocenters. The fourth-order valence-electron chi connectivity index (χ4n) is 1.33. The lowest BCUT2D eigenvalue weighted by atomic mass is 10.1. The molecule has 0 heterocycles. The molecule has 0 spiro atoms. The average molecular weight is 274 g/mol. The number of benzene rings is 1. The van der Waals surface area contributed by atoms with Crippen LogP contribution >= 0.6 is 11.8 Å². The van der Waals surface area contributed by atoms with Crippen LogP contribution in [0.1, 0.15) is 25.0 Å². The maximum atomic E-state index is 11.0. The van der Waals surface area contributed by atoms with Gasteiger partial charge in [0.25, 0.3) is 0 Å². The molecule has 0 saturated heterocycles. The van der Waals surface area contributed by atoms with Crippen molar-refractivity contribution < 1.29 is 13.5 Å². The molecule has 0 aliphatic rings. The molecule has 1 aromatic rings. The van der Waals surface area contributed by atoms with Crippen LogP contribution in [0.25, 0.3) is 0 Å². The van der Waals surface area contributed by atoms with E-state index in [1.165, 1.54) is 18.0 Å². The fraction of sp³-hybridized carbons (Fsp3) is 0.500. The number of thioether (sulfide) groups is 1. The van der Waals surface area contributed by atoms with Crippen LogP contribution in [0.4, 0.5) is 0 Å². The van der Waals surface area contributed by atoms with Crippen LogP contribution in [-0.4, -0.2) is 31.3 Å². The Kier molecular flexibility index (Phi) is 5.49. The molecule has 5 heteroatoms. The standard InChI is InChI=1S/C12H18O3S2/c1-3-12(13)10-4-6-11(7-5-10)16-8-9-17(2,14)15/h4-7,12-13H,3,8-9H2,1-2H3/t12-/m0/s1. The molecule has 1 N–H and O–H groups in total. The van der Waals surface area contributed by atoms with E-state index in [2.05, 4.69) is 0 Å². The van der Waals surface area contributed by atoms with Crippen molar-refractivity contribution in [2.45, 2.75) is 24.3 Å². The Morgan fingerprint density at radius 2 is 1.88 bits per heavy atom. The summed E-state index contributed by atoms with van der Waals surface area (Å²) in [6.45, 7) is 1.93. The maximum absolute atomic E-state index is 11.0. The van der Waals surface area contributed by atoms with Crippen molar-refractivity contribution >= 4 is 21.6 Å². The quantitative estimate of drug-likeness (QED) is 0.809. The molecule has 0 aliphatic heterocycles. The molecule has 1 rings (SSSR count). The van der Waals surface area contributed by atoms with E-state index in [1.807, 2.05) is 31.2 Å². The molecule has 96 valence electrons. The van der Waals surface area contributed by atoms with E-state index in [-0.39, 0.29) is 5.75 Å². The molecule has 1 aromatic carbocycles. The summed E-state index contributed by atoms with van der Waals surface area (Å²) in [5, 5.41) is 9.62. The first-order valence-electron chi connectivity index (χ1n) is 5.51. The summed E-state index contributed by atoms with van der Waals surface area (Å²) in [4.78, 5) is 1.03. The SMILES string of the molecule is CC[C@H](O)c1ccc(SCCS(C)(=O)=O)cc1. The van der Waals surface area contributed by atoms with Gasteiger partial charge >= 0.3 is 0 Å². The zero-order valence-corrected chi connectivity index (χ0v) is 11.7. The van der Waals surface area contributed by atoms with Crippen molar-refractivity contribution in [1.29, 1.82) is 0 Å². The molecule has 3 nitrogen and oxygen atoms in total. The van der Waals surface area contributed by atoms with Crippen molar-refractivity contribution in [3.63, 3.8) is 0 Å². The van der Waals surface area contributed by atoms with Gasteiger partial charge in [0.15, 0.2) is 0 Å². The highest BCUT2D eigenvalue weighted by molar-refractivity contribution is 8.00. The van der Waals surface area contributed by atoms with Crippen LogP contribution in [0.3, 0.4) is 0 Å². The first-order valence-corrected chi connectivity index (χ1v) is 8.55. The van der Waals surface area contributed by atoms with E-state index >= 15 is 0 Å². The average Bonchev–Trinajstić information content (AvgIpc) is 2.27. The highest BCUT2D eigenvalue weighted by atomic mass is 32.2. The van der Waals surface area contributed by atoms with Gasteiger partial charge in [-0.2, -0.15) is 0 Å². The van der Waals surface area contributed by atoms with Gasteiger partial charge in [-0.15, -0.1) is 11.8 Å². The Morgan fingerprint density at radius 1 is 1.29 bits per heavy atom. The topological polar surface area (TPSA) is 54.4 Å². The van der Waals surface area contributed by atoms with Gasteiger partial charge in [-0.3, -0.25) is 0 Å². The second-order valence-corrected chi connectivity index (χ2v) is 7.40. The van der Waals surface area contributed by atoms with Crippen LogP contribution in [0.15, 0.2) is 29.2 Å².